The van der Waals surface area contributed by atoms with Crippen LogP contribution in [0.5, 0.6) is 0 Å². The number of hydrogen-bond acceptors (Lipinski definition) is 5. The number of ether oxygens (including phenoxy) is 2. The predicted molar refractivity (Wildman–Crippen MR) is 65.8 cm³/mol. The standard InChI is InChI=1S/C12H22N2O4/c1-17-10(8-13)7-11(15)14-5-3-9(4-6-14)12(16)18-2/h9-10H,3-8,13H2,1-2H3. The van der Waals surface area contributed by atoms with Crippen molar-refractivity contribution in [3.8, 4) is 0 Å². The average Bonchev–Trinajstić information content (AvgIpc) is 2.43. The number of esters is 1. The van der Waals surface area contributed by atoms with Crippen LogP contribution in [0.25, 0.3) is 0 Å². The van der Waals surface area contributed by atoms with E-state index in [1.54, 1.807) is 12.0 Å². The van der Waals surface area contributed by atoms with Crippen LogP contribution >= 0.6 is 0 Å². The number of likely N-dealkylation sites (tertiary alicyclic amines) is 1. The average molecular weight is 258 g/mol. The van der Waals surface area contributed by atoms with Crippen molar-refractivity contribution in [2.24, 2.45) is 11.7 Å². The predicted octanol–water partition coefficient (Wildman–Crippen LogP) is -0.238. The van der Waals surface area contributed by atoms with Crippen molar-refractivity contribution in [2.75, 3.05) is 33.9 Å². The van der Waals surface area contributed by atoms with Gasteiger partial charge in [-0.25, -0.2) is 0 Å². The van der Waals surface area contributed by atoms with Crippen LogP contribution in [0.3, 0.4) is 0 Å². The largest absolute Gasteiger partial charge is 0.469 e. The summed E-state index contributed by atoms with van der Waals surface area (Å²) in [5.41, 5.74) is 5.48. The fourth-order valence-electron chi connectivity index (χ4n) is 2.12. The van der Waals surface area contributed by atoms with Crippen molar-refractivity contribution in [1.29, 1.82) is 0 Å². The fourth-order valence-corrected chi connectivity index (χ4v) is 2.12. The van der Waals surface area contributed by atoms with E-state index < -0.39 is 0 Å². The summed E-state index contributed by atoms with van der Waals surface area (Å²) in [6.07, 6.45) is 1.41. The summed E-state index contributed by atoms with van der Waals surface area (Å²) in [7, 11) is 2.94. The molecule has 2 N–H and O–H groups in total. The molecule has 1 rings (SSSR count). The third-order valence-electron chi connectivity index (χ3n) is 3.38. The second-order valence-electron chi connectivity index (χ2n) is 4.48. The molecule has 0 aromatic rings. The van der Waals surface area contributed by atoms with Crippen LogP contribution in [0.2, 0.25) is 0 Å². The van der Waals surface area contributed by atoms with E-state index in [0.29, 0.717) is 38.9 Å². The number of carbonyl (C=O) groups is 2. The Balaban J connectivity index is 2.38. The molecule has 6 nitrogen and oxygen atoms in total. The van der Waals surface area contributed by atoms with Crippen molar-refractivity contribution in [3.05, 3.63) is 0 Å². The summed E-state index contributed by atoms with van der Waals surface area (Å²) < 4.78 is 9.80. The van der Waals surface area contributed by atoms with E-state index in [-0.39, 0.29) is 23.9 Å². The first-order valence-corrected chi connectivity index (χ1v) is 6.20. The molecule has 1 saturated heterocycles. The minimum absolute atomic E-state index is 0.0376. The topological polar surface area (TPSA) is 81.9 Å². The number of hydrogen-bond donors (Lipinski definition) is 1. The van der Waals surface area contributed by atoms with Gasteiger partial charge in [0.15, 0.2) is 0 Å². The molecule has 0 aromatic carbocycles. The van der Waals surface area contributed by atoms with E-state index in [9.17, 15) is 9.59 Å². The maximum Gasteiger partial charge on any atom is 0.308 e. The van der Waals surface area contributed by atoms with Gasteiger partial charge in [0.1, 0.15) is 0 Å². The van der Waals surface area contributed by atoms with Crippen molar-refractivity contribution in [3.63, 3.8) is 0 Å². The number of piperidine rings is 1. The van der Waals surface area contributed by atoms with Gasteiger partial charge >= 0.3 is 5.97 Å². The van der Waals surface area contributed by atoms with Gasteiger partial charge in [0.05, 0.1) is 25.6 Å². The summed E-state index contributed by atoms with van der Waals surface area (Å²) in [6, 6.07) is 0. The summed E-state index contributed by atoms with van der Waals surface area (Å²) in [5.74, 6) is -0.221. The van der Waals surface area contributed by atoms with Crippen LogP contribution in [0, 0.1) is 5.92 Å². The molecule has 0 radical (unpaired) electrons. The Morgan fingerprint density at radius 1 is 1.33 bits per heavy atom. The minimum Gasteiger partial charge on any atom is -0.469 e. The van der Waals surface area contributed by atoms with Crippen molar-refractivity contribution < 1.29 is 19.1 Å². The Morgan fingerprint density at radius 3 is 2.39 bits per heavy atom. The summed E-state index contributed by atoms with van der Waals surface area (Å²) in [4.78, 5) is 25.1. The molecular formula is C12H22N2O4. The first-order valence-electron chi connectivity index (χ1n) is 6.20. The molecule has 0 saturated carbocycles. The lowest BCUT2D eigenvalue weighted by atomic mass is 9.96. The molecule has 0 bridgehead atoms. The summed E-state index contributed by atoms with van der Waals surface area (Å²) >= 11 is 0. The van der Waals surface area contributed by atoms with E-state index in [1.165, 1.54) is 7.11 Å². The van der Waals surface area contributed by atoms with Crippen LogP contribution in [0.4, 0.5) is 0 Å². The Hall–Kier alpha value is -1.14. The molecule has 18 heavy (non-hydrogen) atoms. The van der Waals surface area contributed by atoms with E-state index in [0.717, 1.165) is 0 Å². The molecule has 104 valence electrons. The number of carbonyl (C=O) groups excluding carboxylic acids is 2. The highest BCUT2D eigenvalue weighted by Gasteiger charge is 2.28. The van der Waals surface area contributed by atoms with Crippen LogP contribution in [-0.2, 0) is 19.1 Å². The number of nitrogens with two attached hydrogens (primary N) is 1. The van der Waals surface area contributed by atoms with Gasteiger partial charge < -0.3 is 20.1 Å². The first-order chi connectivity index (χ1) is 8.62. The number of rotatable bonds is 5. The molecule has 0 aliphatic carbocycles. The van der Waals surface area contributed by atoms with Crippen molar-refractivity contribution in [2.45, 2.75) is 25.4 Å². The second kappa shape index (κ2) is 7.33. The normalized spacial score (nSPS) is 18.5. The highest BCUT2D eigenvalue weighted by atomic mass is 16.5. The lowest BCUT2D eigenvalue weighted by molar-refractivity contribution is -0.149. The minimum atomic E-state index is -0.226. The van der Waals surface area contributed by atoms with Crippen LogP contribution in [0.1, 0.15) is 19.3 Å². The highest BCUT2D eigenvalue weighted by molar-refractivity contribution is 5.77. The second-order valence-corrected chi connectivity index (χ2v) is 4.48. The summed E-state index contributed by atoms with van der Waals surface area (Å²) in [5, 5.41) is 0. The highest BCUT2D eigenvalue weighted by Crippen LogP contribution is 2.19. The zero-order chi connectivity index (χ0) is 13.5. The molecule has 1 fully saturated rings. The number of nitrogens with zero attached hydrogens (tertiary/aromatic N) is 1. The Kier molecular flexibility index (Phi) is 6.07. The Labute approximate surface area is 107 Å². The van der Waals surface area contributed by atoms with Gasteiger partial charge in [-0.3, -0.25) is 9.59 Å². The Morgan fingerprint density at radius 2 is 1.94 bits per heavy atom. The zero-order valence-corrected chi connectivity index (χ0v) is 11.1. The molecule has 0 aromatic heterocycles. The lowest BCUT2D eigenvalue weighted by Gasteiger charge is -2.31. The maximum atomic E-state index is 11.9. The van der Waals surface area contributed by atoms with Crippen LogP contribution < -0.4 is 5.73 Å². The molecule has 1 amide bonds. The van der Waals surface area contributed by atoms with Gasteiger partial charge in [0, 0.05) is 26.7 Å². The van der Waals surface area contributed by atoms with Crippen molar-refractivity contribution >= 4 is 11.9 Å². The van der Waals surface area contributed by atoms with Gasteiger partial charge in [-0.2, -0.15) is 0 Å². The van der Waals surface area contributed by atoms with Gasteiger partial charge in [-0.05, 0) is 12.8 Å². The van der Waals surface area contributed by atoms with Gasteiger partial charge in [-0.1, -0.05) is 0 Å². The molecule has 1 heterocycles. The summed E-state index contributed by atoms with van der Waals surface area (Å²) in [6.45, 7) is 1.53. The van der Waals surface area contributed by atoms with E-state index in [1.807, 2.05) is 0 Å². The molecule has 1 aliphatic heterocycles. The van der Waals surface area contributed by atoms with Crippen LogP contribution in [0.15, 0.2) is 0 Å². The molecule has 1 atom stereocenters. The van der Waals surface area contributed by atoms with Crippen LogP contribution in [-0.4, -0.2) is 56.7 Å². The molecule has 0 spiro atoms. The Bertz CT molecular complexity index is 284. The van der Waals surface area contributed by atoms with Gasteiger partial charge in [0.25, 0.3) is 0 Å². The fraction of sp³-hybridized carbons (Fsp3) is 0.833. The molecular weight excluding hydrogens is 236 g/mol. The number of methoxy groups -OCH3 is 2. The lowest BCUT2D eigenvalue weighted by Crippen LogP contribution is -2.42. The van der Waals surface area contributed by atoms with E-state index in [4.69, 9.17) is 15.2 Å². The molecule has 1 unspecified atom stereocenters. The monoisotopic (exact) mass is 258 g/mol. The van der Waals surface area contributed by atoms with Gasteiger partial charge in [-0.15, -0.1) is 0 Å². The number of amides is 1. The van der Waals surface area contributed by atoms with E-state index >= 15 is 0 Å². The van der Waals surface area contributed by atoms with Crippen molar-refractivity contribution in [1.82, 2.24) is 4.90 Å². The first kappa shape index (κ1) is 14.9. The molecule has 6 heteroatoms. The van der Waals surface area contributed by atoms with Gasteiger partial charge in [0.2, 0.25) is 5.91 Å². The third-order valence-corrected chi connectivity index (χ3v) is 3.38. The maximum absolute atomic E-state index is 11.9. The van der Waals surface area contributed by atoms with E-state index in [2.05, 4.69) is 0 Å². The smallest absolute Gasteiger partial charge is 0.308 e. The third kappa shape index (κ3) is 3.96. The SMILES string of the molecule is COC(=O)C1CCN(C(=O)CC(CN)OC)CC1. The quantitative estimate of drug-likeness (QED) is 0.688. The zero-order valence-electron chi connectivity index (χ0n) is 11.1. The molecule has 1 aliphatic rings.